The topological polar surface area (TPSA) is 61.3 Å². The number of benzene rings is 2. The van der Waals surface area contributed by atoms with Gasteiger partial charge >= 0.3 is 0 Å². The van der Waals surface area contributed by atoms with Crippen molar-refractivity contribution in [2.45, 2.75) is 34.1 Å². The molecule has 0 bridgehead atoms. The van der Waals surface area contributed by atoms with Crippen LogP contribution in [0.5, 0.6) is 0 Å². The Morgan fingerprint density at radius 2 is 1.74 bits per heavy atom. The number of aromatic amines is 1. The zero-order chi connectivity index (χ0) is 24.5. The fourth-order valence-corrected chi connectivity index (χ4v) is 4.09. The van der Waals surface area contributed by atoms with E-state index >= 15 is 0 Å². The Morgan fingerprint density at radius 1 is 1.03 bits per heavy atom. The second-order valence-electron chi connectivity index (χ2n) is 8.10. The highest BCUT2D eigenvalue weighted by Crippen LogP contribution is 2.27. The number of fused-ring (bicyclic) bond motifs is 1. The molecule has 2 N–H and O–H groups in total. The monoisotopic (exact) mass is 479 g/mol. The minimum atomic E-state index is -0.136. The molecule has 0 radical (unpaired) electrons. The summed E-state index contributed by atoms with van der Waals surface area (Å²) >= 11 is 6.10. The van der Waals surface area contributed by atoms with Gasteiger partial charge in [0.05, 0.1) is 5.56 Å². The molecule has 34 heavy (non-hydrogen) atoms. The van der Waals surface area contributed by atoms with Gasteiger partial charge in [-0.2, -0.15) is 0 Å². The third-order valence-corrected chi connectivity index (χ3v) is 6.12. The highest BCUT2D eigenvalue weighted by atomic mass is 35.5. The molecular formula is C28H34ClN3O2. The number of hydrogen-bond donors (Lipinski definition) is 2. The van der Waals surface area contributed by atoms with Gasteiger partial charge in [-0.05, 0) is 62.8 Å². The number of furan rings is 1. The Bertz CT molecular complexity index is 1190. The summed E-state index contributed by atoms with van der Waals surface area (Å²) in [6, 6.07) is 17.2. The van der Waals surface area contributed by atoms with Crippen LogP contribution in [-0.4, -0.2) is 42.0 Å². The Hall–Kier alpha value is -3.02. The van der Waals surface area contributed by atoms with Crippen LogP contribution in [0.1, 0.15) is 42.5 Å². The largest absolute Gasteiger partial charge is 0.461 e. The zero-order valence-corrected chi connectivity index (χ0v) is 21.2. The molecule has 0 aliphatic rings. The maximum absolute atomic E-state index is 12.7. The number of nitrogens with zero attached hydrogens (tertiary/aromatic N) is 1. The van der Waals surface area contributed by atoms with Crippen molar-refractivity contribution in [3.05, 3.63) is 82.7 Å². The van der Waals surface area contributed by atoms with E-state index in [2.05, 4.69) is 36.0 Å². The molecule has 2 aromatic carbocycles. The Morgan fingerprint density at radius 3 is 2.38 bits per heavy atom. The number of hydrogen-bond acceptors (Lipinski definition) is 3. The van der Waals surface area contributed by atoms with Crippen LogP contribution in [0.25, 0.3) is 22.2 Å². The van der Waals surface area contributed by atoms with Crippen LogP contribution in [0.4, 0.5) is 0 Å². The predicted octanol–water partition coefficient (Wildman–Crippen LogP) is 6.71. The number of carbonyl (C=O) groups is 1. The third-order valence-electron chi connectivity index (χ3n) is 5.89. The first-order valence-corrected chi connectivity index (χ1v) is 12.3. The fourth-order valence-electron chi connectivity index (χ4n) is 3.92. The van der Waals surface area contributed by atoms with Crippen molar-refractivity contribution in [3.8, 4) is 11.3 Å². The van der Waals surface area contributed by atoms with Crippen molar-refractivity contribution in [3.63, 3.8) is 0 Å². The van der Waals surface area contributed by atoms with Gasteiger partial charge in [-0.15, -0.1) is 0 Å². The number of rotatable bonds is 8. The lowest BCUT2D eigenvalue weighted by Crippen LogP contribution is -2.25. The standard InChI is InChI=1S/C22H19ClN2O2.C6H15N/c1-14-11-19(21(27-14)15-5-3-2-4-6-15)22(26)24-10-9-16-13-25-20-8-7-17(23)12-18(16)20;1-4-7(5-2)6-3/h2-8,11-13,25H,9-10H2,1H3,(H,24,26);4-6H2,1-3H3. The lowest BCUT2D eigenvalue weighted by atomic mass is 10.1. The number of carbonyl (C=O) groups excluding carboxylic acids is 1. The number of amides is 1. The van der Waals surface area contributed by atoms with Crippen LogP contribution in [0, 0.1) is 6.92 Å². The van der Waals surface area contributed by atoms with Crippen LogP contribution in [0.3, 0.4) is 0 Å². The average molecular weight is 480 g/mol. The van der Waals surface area contributed by atoms with E-state index < -0.39 is 0 Å². The summed E-state index contributed by atoms with van der Waals surface area (Å²) in [5.41, 5.74) is 3.61. The number of nitrogens with one attached hydrogen (secondary N) is 2. The highest BCUT2D eigenvalue weighted by Gasteiger charge is 2.18. The normalized spacial score (nSPS) is 10.9. The molecule has 2 heterocycles. The molecule has 0 aliphatic carbocycles. The van der Waals surface area contributed by atoms with E-state index in [9.17, 15) is 4.79 Å². The minimum absolute atomic E-state index is 0.136. The summed E-state index contributed by atoms with van der Waals surface area (Å²) in [5.74, 6) is 1.18. The smallest absolute Gasteiger partial charge is 0.255 e. The van der Waals surface area contributed by atoms with E-state index in [1.807, 2.05) is 61.7 Å². The van der Waals surface area contributed by atoms with Crippen molar-refractivity contribution in [1.29, 1.82) is 0 Å². The lowest BCUT2D eigenvalue weighted by Gasteiger charge is -2.13. The molecule has 0 saturated carbocycles. The first kappa shape index (κ1) is 25.6. The van der Waals surface area contributed by atoms with E-state index in [0.29, 0.717) is 35.1 Å². The van der Waals surface area contributed by atoms with Gasteiger partial charge in [0.25, 0.3) is 5.91 Å². The summed E-state index contributed by atoms with van der Waals surface area (Å²) in [6.45, 7) is 12.5. The van der Waals surface area contributed by atoms with Crippen LogP contribution < -0.4 is 5.32 Å². The van der Waals surface area contributed by atoms with Gasteiger partial charge in [0.1, 0.15) is 11.5 Å². The average Bonchev–Trinajstić information content (AvgIpc) is 3.44. The zero-order valence-electron chi connectivity index (χ0n) is 20.5. The van der Waals surface area contributed by atoms with Crippen molar-refractivity contribution < 1.29 is 9.21 Å². The van der Waals surface area contributed by atoms with Crippen molar-refractivity contribution in [1.82, 2.24) is 15.2 Å². The molecule has 0 saturated heterocycles. The van der Waals surface area contributed by atoms with Gasteiger partial charge in [-0.25, -0.2) is 0 Å². The van der Waals surface area contributed by atoms with Crippen LogP contribution >= 0.6 is 11.6 Å². The summed E-state index contributed by atoms with van der Waals surface area (Å²) in [7, 11) is 0. The van der Waals surface area contributed by atoms with Crippen LogP contribution in [-0.2, 0) is 6.42 Å². The molecule has 4 rings (SSSR count). The summed E-state index contributed by atoms with van der Waals surface area (Å²) < 4.78 is 5.76. The molecule has 4 aromatic rings. The number of aryl methyl sites for hydroxylation is 1. The number of aromatic nitrogens is 1. The summed E-state index contributed by atoms with van der Waals surface area (Å²) in [5, 5.41) is 4.78. The van der Waals surface area contributed by atoms with Gasteiger partial charge in [0, 0.05) is 34.2 Å². The van der Waals surface area contributed by atoms with Crippen molar-refractivity contribution >= 4 is 28.4 Å². The van der Waals surface area contributed by atoms with Crippen LogP contribution in [0.15, 0.2) is 65.2 Å². The molecular weight excluding hydrogens is 446 g/mol. The molecule has 180 valence electrons. The van der Waals surface area contributed by atoms with Gasteiger partial charge in [0.2, 0.25) is 0 Å². The van der Waals surface area contributed by atoms with Crippen molar-refractivity contribution in [2.75, 3.05) is 26.2 Å². The maximum Gasteiger partial charge on any atom is 0.255 e. The Labute approximate surface area is 207 Å². The van der Waals surface area contributed by atoms with E-state index in [0.717, 1.165) is 22.0 Å². The molecule has 0 spiro atoms. The molecule has 2 aromatic heterocycles. The van der Waals surface area contributed by atoms with Gasteiger partial charge in [0.15, 0.2) is 0 Å². The van der Waals surface area contributed by atoms with Gasteiger partial charge in [-0.3, -0.25) is 4.79 Å². The second-order valence-corrected chi connectivity index (χ2v) is 8.53. The van der Waals surface area contributed by atoms with Crippen molar-refractivity contribution in [2.24, 2.45) is 0 Å². The molecule has 5 nitrogen and oxygen atoms in total. The minimum Gasteiger partial charge on any atom is -0.461 e. The predicted molar refractivity (Wildman–Crippen MR) is 142 cm³/mol. The first-order chi connectivity index (χ1) is 16.5. The first-order valence-electron chi connectivity index (χ1n) is 11.9. The Kier molecular flexibility index (Phi) is 9.37. The van der Waals surface area contributed by atoms with Crippen LogP contribution in [0.2, 0.25) is 5.02 Å². The summed E-state index contributed by atoms with van der Waals surface area (Å²) in [4.78, 5) is 18.3. The SMILES string of the molecule is CCN(CC)CC.Cc1cc(C(=O)NCCc2c[nH]c3ccc(Cl)cc23)c(-c2ccccc2)o1. The maximum atomic E-state index is 12.7. The van der Waals surface area contributed by atoms with E-state index in [4.69, 9.17) is 16.0 Å². The third kappa shape index (κ3) is 6.52. The summed E-state index contributed by atoms with van der Waals surface area (Å²) in [6.07, 6.45) is 2.67. The highest BCUT2D eigenvalue weighted by molar-refractivity contribution is 6.31. The molecule has 0 fully saturated rings. The number of H-pyrrole nitrogens is 1. The molecule has 6 heteroatoms. The van der Waals surface area contributed by atoms with Gasteiger partial charge in [-0.1, -0.05) is 62.7 Å². The van der Waals surface area contributed by atoms with E-state index in [1.165, 1.54) is 19.6 Å². The molecule has 1 amide bonds. The number of halogens is 1. The van der Waals surface area contributed by atoms with Gasteiger partial charge < -0.3 is 19.6 Å². The molecule has 0 atom stereocenters. The lowest BCUT2D eigenvalue weighted by molar-refractivity contribution is 0.0954. The second kappa shape index (κ2) is 12.4. The molecule has 0 unspecified atom stereocenters. The Balaban J connectivity index is 0.000000406. The van der Waals surface area contributed by atoms with E-state index in [-0.39, 0.29) is 5.91 Å². The molecule has 0 aliphatic heterocycles. The fraction of sp³-hybridized carbons (Fsp3) is 0.321. The quantitative estimate of drug-likeness (QED) is 0.295. The van der Waals surface area contributed by atoms with E-state index in [1.54, 1.807) is 6.07 Å².